The van der Waals surface area contributed by atoms with Crippen LogP contribution in [0.5, 0.6) is 0 Å². The maximum atomic E-state index is 11.6. The summed E-state index contributed by atoms with van der Waals surface area (Å²) in [5.41, 5.74) is 6.35. The number of anilines is 1. The summed E-state index contributed by atoms with van der Waals surface area (Å²) in [6.07, 6.45) is 1.95. The van der Waals surface area contributed by atoms with Gasteiger partial charge < -0.3 is 5.73 Å². The van der Waals surface area contributed by atoms with Crippen molar-refractivity contribution in [3.05, 3.63) is 24.3 Å². The van der Waals surface area contributed by atoms with E-state index in [9.17, 15) is 8.42 Å². The average molecular weight is 306 g/mol. The highest BCUT2D eigenvalue weighted by atomic mass is 32.2. The van der Waals surface area contributed by atoms with Crippen LogP contribution in [-0.4, -0.2) is 38.5 Å². The summed E-state index contributed by atoms with van der Waals surface area (Å²) < 4.78 is 25.8. The standard InChI is InChI=1S/C11H18N2O2S3/c1-16-6-5-13-18(14,15)8-7-17-11-4-2-3-10(12)9-11/h2-4,9,13H,5-8,12H2,1H3. The molecule has 0 atom stereocenters. The fourth-order valence-corrected chi connectivity index (χ4v) is 4.08. The Bertz CT molecular complexity index is 463. The highest BCUT2D eigenvalue weighted by molar-refractivity contribution is 8.00. The van der Waals surface area contributed by atoms with E-state index in [2.05, 4.69) is 4.72 Å². The third-order valence-corrected chi connectivity index (χ3v) is 5.36. The fourth-order valence-electron chi connectivity index (χ4n) is 1.24. The van der Waals surface area contributed by atoms with Crippen LogP contribution in [-0.2, 0) is 10.0 Å². The Labute approximate surface area is 117 Å². The Morgan fingerprint density at radius 2 is 2.11 bits per heavy atom. The summed E-state index contributed by atoms with van der Waals surface area (Å²) in [5, 5.41) is 0. The van der Waals surface area contributed by atoms with Crippen LogP contribution in [0.4, 0.5) is 5.69 Å². The first kappa shape index (κ1) is 15.7. The number of nitrogens with one attached hydrogen (secondary N) is 1. The number of hydrogen-bond donors (Lipinski definition) is 2. The first-order valence-electron chi connectivity index (χ1n) is 5.48. The number of hydrogen-bond acceptors (Lipinski definition) is 5. The van der Waals surface area contributed by atoms with Crippen molar-refractivity contribution in [2.75, 3.05) is 35.8 Å². The normalized spacial score (nSPS) is 11.6. The molecule has 3 N–H and O–H groups in total. The molecule has 0 unspecified atom stereocenters. The lowest BCUT2D eigenvalue weighted by molar-refractivity contribution is 0.586. The number of nitrogens with two attached hydrogens (primary N) is 1. The van der Waals surface area contributed by atoms with Crippen molar-refractivity contribution >= 4 is 39.2 Å². The molecule has 0 amide bonds. The van der Waals surface area contributed by atoms with Crippen molar-refractivity contribution in [2.45, 2.75) is 4.90 Å². The van der Waals surface area contributed by atoms with E-state index >= 15 is 0 Å². The van der Waals surface area contributed by atoms with Gasteiger partial charge in [0.25, 0.3) is 0 Å². The van der Waals surface area contributed by atoms with Crippen LogP contribution in [0.25, 0.3) is 0 Å². The number of rotatable bonds is 8. The highest BCUT2D eigenvalue weighted by Gasteiger charge is 2.09. The lowest BCUT2D eigenvalue weighted by atomic mass is 10.3. The van der Waals surface area contributed by atoms with Gasteiger partial charge in [-0.25, -0.2) is 13.1 Å². The first-order valence-corrected chi connectivity index (χ1v) is 9.51. The Hall–Kier alpha value is -0.370. The van der Waals surface area contributed by atoms with Crippen molar-refractivity contribution in [1.82, 2.24) is 4.72 Å². The third kappa shape index (κ3) is 6.53. The molecular weight excluding hydrogens is 288 g/mol. The average Bonchev–Trinajstić information content (AvgIpc) is 2.29. The van der Waals surface area contributed by atoms with Gasteiger partial charge in [-0.1, -0.05) is 6.07 Å². The van der Waals surface area contributed by atoms with Crippen LogP contribution >= 0.6 is 23.5 Å². The lowest BCUT2D eigenvalue weighted by Gasteiger charge is -2.06. The van der Waals surface area contributed by atoms with Crippen molar-refractivity contribution < 1.29 is 8.42 Å². The minimum atomic E-state index is -3.15. The van der Waals surface area contributed by atoms with Crippen molar-refractivity contribution in [3.63, 3.8) is 0 Å². The molecule has 7 heteroatoms. The molecule has 0 saturated heterocycles. The summed E-state index contributed by atoms with van der Waals surface area (Å²) in [6.45, 7) is 0.493. The van der Waals surface area contributed by atoms with E-state index < -0.39 is 10.0 Å². The summed E-state index contributed by atoms with van der Waals surface area (Å²) in [4.78, 5) is 0.995. The van der Waals surface area contributed by atoms with Gasteiger partial charge in [0, 0.05) is 28.6 Å². The van der Waals surface area contributed by atoms with Gasteiger partial charge in [-0.15, -0.1) is 11.8 Å². The molecule has 0 aromatic heterocycles. The largest absolute Gasteiger partial charge is 0.399 e. The van der Waals surface area contributed by atoms with E-state index in [1.165, 1.54) is 11.8 Å². The van der Waals surface area contributed by atoms with Crippen LogP contribution < -0.4 is 10.5 Å². The molecule has 1 aromatic rings. The Balaban J connectivity index is 2.32. The molecular formula is C11H18N2O2S3. The second kappa shape index (κ2) is 7.93. The Morgan fingerprint density at radius 1 is 1.33 bits per heavy atom. The van der Waals surface area contributed by atoms with Gasteiger partial charge in [0.1, 0.15) is 0 Å². The molecule has 0 aliphatic carbocycles. The van der Waals surface area contributed by atoms with Gasteiger partial charge in [0.15, 0.2) is 0 Å². The molecule has 0 bridgehead atoms. The molecule has 4 nitrogen and oxygen atoms in total. The maximum absolute atomic E-state index is 11.6. The molecule has 1 rings (SSSR count). The predicted molar refractivity (Wildman–Crippen MR) is 81.7 cm³/mol. The van der Waals surface area contributed by atoms with Crippen LogP contribution in [0.3, 0.4) is 0 Å². The van der Waals surface area contributed by atoms with E-state index in [1.54, 1.807) is 11.8 Å². The van der Waals surface area contributed by atoms with Gasteiger partial charge in [-0.05, 0) is 24.5 Å². The maximum Gasteiger partial charge on any atom is 0.212 e. The molecule has 0 fully saturated rings. The van der Waals surface area contributed by atoms with Gasteiger partial charge >= 0.3 is 0 Å². The first-order chi connectivity index (χ1) is 8.53. The monoisotopic (exact) mass is 306 g/mol. The second-order valence-electron chi connectivity index (χ2n) is 3.63. The molecule has 0 spiro atoms. The zero-order valence-electron chi connectivity index (χ0n) is 10.3. The van der Waals surface area contributed by atoms with Crippen LogP contribution in [0.2, 0.25) is 0 Å². The van der Waals surface area contributed by atoms with E-state index in [1.807, 2.05) is 30.5 Å². The smallest absolute Gasteiger partial charge is 0.212 e. The minimum absolute atomic E-state index is 0.126. The zero-order chi connectivity index (χ0) is 13.4. The molecule has 0 aliphatic heterocycles. The molecule has 0 aliphatic rings. The molecule has 18 heavy (non-hydrogen) atoms. The minimum Gasteiger partial charge on any atom is -0.399 e. The van der Waals surface area contributed by atoms with Crippen molar-refractivity contribution in [3.8, 4) is 0 Å². The molecule has 0 heterocycles. The lowest BCUT2D eigenvalue weighted by Crippen LogP contribution is -2.29. The topological polar surface area (TPSA) is 72.2 Å². The summed E-state index contributed by atoms with van der Waals surface area (Å²) in [5.74, 6) is 1.44. The molecule has 102 valence electrons. The number of sulfonamides is 1. The Kier molecular flexibility index (Phi) is 6.91. The molecule has 0 radical (unpaired) electrons. The SMILES string of the molecule is CSCCNS(=O)(=O)CCSc1cccc(N)c1. The molecule has 0 saturated carbocycles. The zero-order valence-corrected chi connectivity index (χ0v) is 12.7. The molecule has 1 aromatic carbocycles. The number of benzene rings is 1. The van der Waals surface area contributed by atoms with Crippen LogP contribution in [0, 0.1) is 0 Å². The summed E-state index contributed by atoms with van der Waals surface area (Å²) in [6, 6.07) is 7.45. The fraction of sp³-hybridized carbons (Fsp3) is 0.455. The van der Waals surface area contributed by atoms with Crippen molar-refractivity contribution in [1.29, 1.82) is 0 Å². The van der Waals surface area contributed by atoms with Crippen LogP contribution in [0.15, 0.2) is 29.2 Å². The number of nitrogen functional groups attached to an aromatic ring is 1. The second-order valence-corrected chi connectivity index (χ2v) is 7.71. The number of thioether (sulfide) groups is 2. The highest BCUT2D eigenvalue weighted by Crippen LogP contribution is 2.20. The van der Waals surface area contributed by atoms with Gasteiger partial charge in [0.2, 0.25) is 10.0 Å². The predicted octanol–water partition coefficient (Wildman–Crippen LogP) is 1.64. The van der Waals surface area contributed by atoms with E-state index in [0.29, 0.717) is 18.0 Å². The van der Waals surface area contributed by atoms with Crippen molar-refractivity contribution in [2.24, 2.45) is 0 Å². The van der Waals surface area contributed by atoms with E-state index in [4.69, 9.17) is 5.73 Å². The van der Waals surface area contributed by atoms with E-state index in [0.717, 1.165) is 10.6 Å². The third-order valence-electron chi connectivity index (χ3n) is 2.11. The van der Waals surface area contributed by atoms with Crippen LogP contribution in [0.1, 0.15) is 0 Å². The summed E-state index contributed by atoms with van der Waals surface area (Å²) >= 11 is 3.11. The van der Waals surface area contributed by atoms with Gasteiger partial charge in [-0.2, -0.15) is 11.8 Å². The van der Waals surface area contributed by atoms with Gasteiger partial charge in [-0.3, -0.25) is 0 Å². The summed E-state index contributed by atoms with van der Waals surface area (Å²) in [7, 11) is -3.15. The Morgan fingerprint density at radius 3 is 2.78 bits per heavy atom. The van der Waals surface area contributed by atoms with Gasteiger partial charge in [0.05, 0.1) is 5.75 Å². The van der Waals surface area contributed by atoms with E-state index in [-0.39, 0.29) is 5.75 Å². The quantitative estimate of drug-likeness (QED) is 0.434.